The molecule has 0 radical (unpaired) electrons. The van der Waals surface area contributed by atoms with Crippen LogP contribution in [0.2, 0.25) is 0 Å². The summed E-state index contributed by atoms with van der Waals surface area (Å²) in [5.74, 6) is 2.68. The predicted molar refractivity (Wildman–Crippen MR) is 69.2 cm³/mol. The van der Waals surface area contributed by atoms with E-state index in [1.54, 1.807) is 13.2 Å². The Balaban J connectivity index is 2.30. The fourth-order valence-corrected chi connectivity index (χ4v) is 1.45. The second-order valence-electron chi connectivity index (χ2n) is 4.18. The van der Waals surface area contributed by atoms with Crippen molar-refractivity contribution in [3.63, 3.8) is 0 Å². The molecule has 0 saturated heterocycles. The molecule has 1 aromatic heterocycles. The van der Waals surface area contributed by atoms with Crippen LogP contribution in [0.15, 0.2) is 36.4 Å². The number of nitrogens with zero attached hydrogens (tertiary/aromatic N) is 2. The molecule has 0 unspecified atom stereocenters. The van der Waals surface area contributed by atoms with Gasteiger partial charge in [-0.25, -0.2) is 0 Å². The van der Waals surface area contributed by atoms with Crippen molar-refractivity contribution in [2.24, 2.45) is 0 Å². The lowest BCUT2D eigenvalue weighted by Gasteiger charge is -2.10. The van der Waals surface area contributed by atoms with Crippen LogP contribution in [0.1, 0.15) is 25.6 Å². The fourth-order valence-electron chi connectivity index (χ4n) is 1.45. The van der Waals surface area contributed by atoms with E-state index in [0.717, 1.165) is 5.75 Å². The summed E-state index contributed by atoms with van der Waals surface area (Å²) < 4.78 is 10.8. The van der Waals surface area contributed by atoms with E-state index in [1.165, 1.54) is 0 Å². The maximum absolute atomic E-state index is 5.68. The first-order valence-corrected chi connectivity index (χ1v) is 5.85. The van der Waals surface area contributed by atoms with Crippen molar-refractivity contribution in [1.29, 1.82) is 0 Å². The van der Waals surface area contributed by atoms with Crippen molar-refractivity contribution in [2.45, 2.75) is 19.8 Å². The summed E-state index contributed by atoms with van der Waals surface area (Å²) in [7, 11) is 1.58. The quantitative estimate of drug-likeness (QED) is 0.826. The zero-order valence-electron chi connectivity index (χ0n) is 10.8. The summed E-state index contributed by atoms with van der Waals surface area (Å²) >= 11 is 0. The number of hydrogen-bond donors (Lipinski definition) is 0. The van der Waals surface area contributed by atoms with Gasteiger partial charge in [-0.15, -0.1) is 0 Å². The van der Waals surface area contributed by atoms with Crippen LogP contribution in [0.3, 0.4) is 0 Å². The molecule has 0 spiro atoms. The molecule has 0 aliphatic carbocycles. The maximum Gasteiger partial charge on any atom is 0.226 e. The highest BCUT2D eigenvalue weighted by molar-refractivity contribution is 5.29. The zero-order valence-corrected chi connectivity index (χ0v) is 10.8. The molecule has 0 amide bonds. The first kappa shape index (κ1) is 12.4. The second-order valence-corrected chi connectivity index (χ2v) is 4.18. The van der Waals surface area contributed by atoms with Crippen molar-refractivity contribution in [3.8, 4) is 17.5 Å². The van der Waals surface area contributed by atoms with Gasteiger partial charge in [0.15, 0.2) is 0 Å². The standard InChI is InChI=1S/C14H16N2O2/c1-10(2)14-15-12(17-3)9-13(16-14)18-11-7-5-4-6-8-11/h4-10H,1-3H3. The van der Waals surface area contributed by atoms with Gasteiger partial charge in [0.1, 0.15) is 11.6 Å². The summed E-state index contributed by atoms with van der Waals surface area (Å²) in [5.41, 5.74) is 0. The Labute approximate surface area is 107 Å². The normalized spacial score (nSPS) is 10.4. The maximum atomic E-state index is 5.68. The van der Waals surface area contributed by atoms with E-state index in [1.807, 2.05) is 44.2 Å². The minimum Gasteiger partial charge on any atom is -0.481 e. The molecule has 0 saturated carbocycles. The van der Waals surface area contributed by atoms with E-state index in [2.05, 4.69) is 9.97 Å². The van der Waals surface area contributed by atoms with Crippen LogP contribution in [0.5, 0.6) is 17.5 Å². The largest absolute Gasteiger partial charge is 0.481 e. The van der Waals surface area contributed by atoms with Gasteiger partial charge in [-0.05, 0) is 12.1 Å². The van der Waals surface area contributed by atoms with Gasteiger partial charge in [-0.3, -0.25) is 0 Å². The highest BCUT2D eigenvalue weighted by Crippen LogP contribution is 2.24. The molecule has 0 bridgehead atoms. The van der Waals surface area contributed by atoms with E-state index in [9.17, 15) is 0 Å². The average Bonchev–Trinajstić information content (AvgIpc) is 2.39. The Morgan fingerprint density at radius 3 is 2.28 bits per heavy atom. The Bertz CT molecular complexity index is 512. The smallest absolute Gasteiger partial charge is 0.226 e. The highest BCUT2D eigenvalue weighted by atomic mass is 16.5. The summed E-state index contributed by atoms with van der Waals surface area (Å²) in [6, 6.07) is 11.2. The van der Waals surface area contributed by atoms with Crippen molar-refractivity contribution in [2.75, 3.05) is 7.11 Å². The molecule has 0 aliphatic rings. The molecule has 18 heavy (non-hydrogen) atoms. The minimum atomic E-state index is 0.221. The number of hydrogen-bond acceptors (Lipinski definition) is 4. The Morgan fingerprint density at radius 2 is 1.67 bits per heavy atom. The van der Waals surface area contributed by atoms with E-state index in [0.29, 0.717) is 17.6 Å². The molecule has 4 nitrogen and oxygen atoms in total. The van der Waals surface area contributed by atoms with Crippen molar-refractivity contribution < 1.29 is 9.47 Å². The molecule has 2 rings (SSSR count). The summed E-state index contributed by atoms with van der Waals surface area (Å²) in [6.45, 7) is 4.06. The van der Waals surface area contributed by atoms with Crippen molar-refractivity contribution in [1.82, 2.24) is 9.97 Å². The van der Waals surface area contributed by atoms with Gasteiger partial charge in [0.25, 0.3) is 0 Å². The number of benzene rings is 1. The van der Waals surface area contributed by atoms with Gasteiger partial charge in [-0.1, -0.05) is 32.0 Å². The van der Waals surface area contributed by atoms with Crippen LogP contribution in [-0.4, -0.2) is 17.1 Å². The lowest BCUT2D eigenvalue weighted by molar-refractivity contribution is 0.383. The average molecular weight is 244 g/mol. The van der Waals surface area contributed by atoms with Crippen molar-refractivity contribution in [3.05, 3.63) is 42.2 Å². The number of aromatic nitrogens is 2. The van der Waals surface area contributed by atoms with Gasteiger partial charge in [0, 0.05) is 5.92 Å². The highest BCUT2D eigenvalue weighted by Gasteiger charge is 2.09. The first-order valence-electron chi connectivity index (χ1n) is 5.85. The van der Waals surface area contributed by atoms with E-state index in [4.69, 9.17) is 9.47 Å². The molecule has 1 aromatic carbocycles. The SMILES string of the molecule is COc1cc(Oc2ccccc2)nc(C(C)C)n1. The van der Waals surface area contributed by atoms with E-state index >= 15 is 0 Å². The molecular formula is C14H16N2O2. The summed E-state index contributed by atoms with van der Waals surface area (Å²) in [4.78, 5) is 8.64. The van der Waals surface area contributed by atoms with Gasteiger partial charge in [0.05, 0.1) is 13.2 Å². The molecule has 0 N–H and O–H groups in total. The topological polar surface area (TPSA) is 44.2 Å². The van der Waals surface area contributed by atoms with E-state index < -0.39 is 0 Å². The zero-order chi connectivity index (χ0) is 13.0. The first-order chi connectivity index (χ1) is 8.69. The lowest BCUT2D eigenvalue weighted by atomic mass is 10.2. The molecule has 0 atom stereocenters. The molecular weight excluding hydrogens is 228 g/mol. The van der Waals surface area contributed by atoms with Gasteiger partial charge < -0.3 is 9.47 Å². The fraction of sp³-hybridized carbons (Fsp3) is 0.286. The van der Waals surface area contributed by atoms with Crippen LogP contribution >= 0.6 is 0 Å². The van der Waals surface area contributed by atoms with Crippen molar-refractivity contribution >= 4 is 0 Å². The molecule has 4 heteroatoms. The summed E-state index contributed by atoms with van der Waals surface area (Å²) in [6.07, 6.45) is 0. The molecule has 1 heterocycles. The van der Waals surface area contributed by atoms with Crippen LogP contribution < -0.4 is 9.47 Å². The van der Waals surface area contributed by atoms with Gasteiger partial charge in [-0.2, -0.15) is 9.97 Å². The predicted octanol–water partition coefficient (Wildman–Crippen LogP) is 3.40. The second kappa shape index (κ2) is 5.49. The third-order valence-electron chi connectivity index (χ3n) is 2.39. The van der Waals surface area contributed by atoms with E-state index in [-0.39, 0.29) is 5.92 Å². The van der Waals surface area contributed by atoms with Crippen LogP contribution in [-0.2, 0) is 0 Å². The van der Waals surface area contributed by atoms with Gasteiger partial charge >= 0.3 is 0 Å². The number of para-hydroxylation sites is 1. The third kappa shape index (κ3) is 2.97. The van der Waals surface area contributed by atoms with Crippen LogP contribution in [0.4, 0.5) is 0 Å². The Kier molecular flexibility index (Phi) is 3.77. The molecule has 0 fully saturated rings. The molecule has 2 aromatic rings. The van der Waals surface area contributed by atoms with Crippen LogP contribution in [0, 0.1) is 0 Å². The van der Waals surface area contributed by atoms with Gasteiger partial charge in [0.2, 0.25) is 11.8 Å². The third-order valence-corrected chi connectivity index (χ3v) is 2.39. The number of ether oxygens (including phenoxy) is 2. The number of rotatable bonds is 4. The molecule has 94 valence electrons. The minimum absolute atomic E-state index is 0.221. The number of methoxy groups -OCH3 is 1. The monoisotopic (exact) mass is 244 g/mol. The van der Waals surface area contributed by atoms with Crippen LogP contribution in [0.25, 0.3) is 0 Å². The lowest BCUT2D eigenvalue weighted by Crippen LogP contribution is -2.01. The molecule has 0 aliphatic heterocycles. The Hall–Kier alpha value is -2.10. The Morgan fingerprint density at radius 1 is 1.00 bits per heavy atom. The summed E-state index contributed by atoms with van der Waals surface area (Å²) in [5, 5.41) is 0.